The maximum atomic E-state index is 13.3. The van der Waals surface area contributed by atoms with Gasteiger partial charge in [-0.2, -0.15) is 0 Å². The van der Waals surface area contributed by atoms with Gasteiger partial charge in [-0.3, -0.25) is 14.9 Å². The summed E-state index contributed by atoms with van der Waals surface area (Å²) in [5.74, 6) is 5.64. The number of anilines is 2. The number of imidazole rings is 1. The first kappa shape index (κ1) is 34.9. The summed E-state index contributed by atoms with van der Waals surface area (Å²) in [5.41, 5.74) is 1.97. The predicted octanol–water partition coefficient (Wildman–Crippen LogP) is 6.75. The van der Waals surface area contributed by atoms with Crippen LogP contribution < -0.4 is 15.4 Å². The molecule has 3 aromatic carbocycles. The lowest BCUT2D eigenvalue weighted by Gasteiger charge is -2.23. The number of aromatic nitrogens is 2. The molecule has 1 aliphatic heterocycles. The highest BCUT2D eigenvalue weighted by molar-refractivity contribution is 6.12. The van der Waals surface area contributed by atoms with Gasteiger partial charge < -0.3 is 28.8 Å². The summed E-state index contributed by atoms with van der Waals surface area (Å²) in [4.78, 5) is 43.5. The van der Waals surface area contributed by atoms with Gasteiger partial charge in [-0.15, -0.1) is 0 Å². The van der Waals surface area contributed by atoms with Crippen LogP contribution in [0.3, 0.4) is 0 Å². The third-order valence-corrected chi connectivity index (χ3v) is 7.22. The number of ether oxygens (including phenoxy) is 4. The molecule has 49 heavy (non-hydrogen) atoms. The van der Waals surface area contributed by atoms with Crippen LogP contribution in [0.4, 0.5) is 16.2 Å². The van der Waals surface area contributed by atoms with E-state index in [2.05, 4.69) is 27.5 Å². The number of ketones is 1. The van der Waals surface area contributed by atoms with Gasteiger partial charge in [0.05, 0.1) is 36.3 Å². The fraction of sp³-hybridized carbons (Fsp3) is 0.316. The third-order valence-electron chi connectivity index (χ3n) is 7.22. The van der Waals surface area contributed by atoms with Gasteiger partial charge in [0.15, 0.2) is 12.1 Å². The molecule has 1 atom stereocenters. The van der Waals surface area contributed by atoms with Crippen molar-refractivity contribution in [3.8, 4) is 23.3 Å². The van der Waals surface area contributed by atoms with Crippen molar-refractivity contribution in [2.24, 2.45) is 0 Å². The highest BCUT2D eigenvalue weighted by Gasteiger charge is 2.21. The quantitative estimate of drug-likeness (QED) is 0.0780. The standard InChI is InChI=1S/C38H40N4O7/c1-38(2,3)49-37(45)41-32-24-34(46-20-21-48-36-14-7-8-19-47-36)29(16-15-27-10-5-4-6-11-27)23-31(32)40-35(44)25-33(43)28-12-9-13-30(22-28)42-18-17-39-26-42/h4-6,9-13,17-18,22-24,26,36H,7-8,14,19-21,25H2,1-3H3,(H,40,44)(H,41,45). The average Bonchev–Trinajstić information content (AvgIpc) is 3.63. The summed E-state index contributed by atoms with van der Waals surface area (Å²) in [5, 5.41) is 5.50. The van der Waals surface area contributed by atoms with Gasteiger partial charge in [-0.25, -0.2) is 9.78 Å². The molecule has 11 heteroatoms. The smallest absolute Gasteiger partial charge is 0.412 e. The SMILES string of the molecule is CC(C)(C)OC(=O)Nc1cc(OCCOC2CCCCO2)c(C#Cc2ccccc2)cc1NC(=O)CC(=O)c1cccc(-n2ccnc2)c1. The lowest BCUT2D eigenvalue weighted by molar-refractivity contribution is -0.165. The Kier molecular flexibility index (Phi) is 11.8. The molecule has 11 nitrogen and oxygen atoms in total. The lowest BCUT2D eigenvalue weighted by atomic mass is 10.1. The summed E-state index contributed by atoms with van der Waals surface area (Å²) in [6, 6.07) is 19.5. The first-order chi connectivity index (χ1) is 23.6. The molecule has 0 aliphatic carbocycles. The average molecular weight is 665 g/mol. The minimum Gasteiger partial charge on any atom is -0.490 e. The van der Waals surface area contributed by atoms with Crippen molar-refractivity contribution < 1.29 is 33.3 Å². The van der Waals surface area contributed by atoms with E-state index < -0.39 is 24.0 Å². The van der Waals surface area contributed by atoms with Crippen molar-refractivity contribution in [3.05, 3.63) is 102 Å². The van der Waals surface area contributed by atoms with E-state index in [0.717, 1.165) is 30.5 Å². The Morgan fingerprint density at radius 3 is 2.51 bits per heavy atom. The first-order valence-corrected chi connectivity index (χ1v) is 16.2. The molecule has 2 N–H and O–H groups in total. The molecule has 4 aromatic rings. The van der Waals surface area contributed by atoms with Crippen molar-refractivity contribution >= 4 is 29.2 Å². The van der Waals surface area contributed by atoms with Crippen molar-refractivity contribution in [1.29, 1.82) is 0 Å². The molecule has 0 radical (unpaired) electrons. The third kappa shape index (κ3) is 10.8. The van der Waals surface area contributed by atoms with Crippen molar-refractivity contribution in [2.45, 2.75) is 58.3 Å². The monoisotopic (exact) mass is 664 g/mol. The second-order valence-corrected chi connectivity index (χ2v) is 12.3. The Morgan fingerprint density at radius 1 is 0.959 bits per heavy atom. The molecule has 1 fully saturated rings. The number of nitrogens with one attached hydrogen (secondary N) is 2. The summed E-state index contributed by atoms with van der Waals surface area (Å²) in [7, 11) is 0. The number of rotatable bonds is 11. The van der Waals surface area contributed by atoms with Crippen LogP contribution in [0.5, 0.6) is 5.75 Å². The number of carbonyl (C=O) groups is 3. The van der Waals surface area contributed by atoms with E-state index in [9.17, 15) is 14.4 Å². The van der Waals surface area contributed by atoms with E-state index in [4.69, 9.17) is 18.9 Å². The Balaban J connectivity index is 1.40. The molecule has 5 rings (SSSR count). The Labute approximate surface area is 285 Å². The van der Waals surface area contributed by atoms with Crippen LogP contribution in [-0.2, 0) is 19.0 Å². The van der Waals surface area contributed by atoms with Crippen LogP contribution in [0.2, 0.25) is 0 Å². The Morgan fingerprint density at radius 2 is 1.78 bits per heavy atom. The van der Waals surface area contributed by atoms with E-state index in [1.807, 2.05) is 36.4 Å². The number of benzene rings is 3. The van der Waals surface area contributed by atoms with E-state index in [0.29, 0.717) is 23.5 Å². The normalized spacial score (nSPS) is 14.2. The largest absolute Gasteiger partial charge is 0.490 e. The predicted molar refractivity (Wildman–Crippen MR) is 185 cm³/mol. The molecule has 0 spiro atoms. The molecule has 1 aliphatic rings. The number of carbonyl (C=O) groups excluding carboxylic acids is 3. The van der Waals surface area contributed by atoms with Crippen molar-refractivity contribution in [1.82, 2.24) is 9.55 Å². The maximum absolute atomic E-state index is 13.3. The van der Waals surface area contributed by atoms with Crippen molar-refractivity contribution in [3.63, 3.8) is 0 Å². The molecule has 2 amide bonds. The highest BCUT2D eigenvalue weighted by atomic mass is 16.7. The highest BCUT2D eigenvalue weighted by Crippen LogP contribution is 2.32. The van der Waals surface area contributed by atoms with Crippen molar-refractivity contribution in [2.75, 3.05) is 30.5 Å². The number of hydrogen-bond donors (Lipinski definition) is 2. The number of amides is 2. The molecule has 1 aromatic heterocycles. The fourth-order valence-electron chi connectivity index (χ4n) is 4.95. The van der Waals surface area contributed by atoms with Crippen LogP contribution >= 0.6 is 0 Å². The van der Waals surface area contributed by atoms with Crippen LogP contribution in [-0.4, -0.2) is 59.0 Å². The van der Waals surface area contributed by atoms with Gasteiger partial charge in [-0.1, -0.05) is 42.2 Å². The minimum atomic E-state index is -0.774. The summed E-state index contributed by atoms with van der Waals surface area (Å²) in [6.07, 6.45) is 6.46. The van der Waals surface area contributed by atoms with E-state index in [1.165, 1.54) is 0 Å². The van der Waals surface area contributed by atoms with Gasteiger partial charge in [0.1, 0.15) is 18.0 Å². The van der Waals surface area contributed by atoms with Crippen LogP contribution in [0, 0.1) is 11.8 Å². The Bertz CT molecular complexity index is 1800. The molecule has 1 saturated heterocycles. The number of Topliss-reactive ketones (excluding diaryl/α,β-unsaturated/α-hetero) is 1. The molecular weight excluding hydrogens is 624 g/mol. The number of nitrogens with zero attached hydrogens (tertiary/aromatic N) is 2. The zero-order valence-electron chi connectivity index (χ0n) is 27.9. The molecule has 2 heterocycles. The van der Waals surface area contributed by atoms with E-state index in [-0.39, 0.29) is 36.7 Å². The summed E-state index contributed by atoms with van der Waals surface area (Å²) in [6.45, 7) is 6.36. The number of hydrogen-bond acceptors (Lipinski definition) is 8. The summed E-state index contributed by atoms with van der Waals surface area (Å²) < 4.78 is 24.8. The Hall–Kier alpha value is -5.44. The van der Waals surface area contributed by atoms with E-state index >= 15 is 0 Å². The molecule has 0 saturated carbocycles. The van der Waals surface area contributed by atoms with Gasteiger partial charge in [0.2, 0.25) is 5.91 Å². The van der Waals surface area contributed by atoms with Gasteiger partial charge in [-0.05, 0) is 70.4 Å². The fourth-order valence-corrected chi connectivity index (χ4v) is 4.95. The van der Waals surface area contributed by atoms with Crippen LogP contribution in [0.15, 0.2) is 85.5 Å². The van der Waals surface area contributed by atoms with Gasteiger partial charge in [0.25, 0.3) is 0 Å². The van der Waals surface area contributed by atoms with Crippen LogP contribution in [0.25, 0.3) is 5.69 Å². The molecular formula is C38H40N4O7. The first-order valence-electron chi connectivity index (χ1n) is 16.2. The topological polar surface area (TPSA) is 130 Å². The second kappa shape index (κ2) is 16.6. The lowest BCUT2D eigenvalue weighted by Crippen LogP contribution is -2.28. The zero-order chi connectivity index (χ0) is 34.6. The maximum Gasteiger partial charge on any atom is 0.412 e. The molecule has 0 bridgehead atoms. The van der Waals surface area contributed by atoms with E-state index in [1.54, 1.807) is 74.4 Å². The van der Waals surface area contributed by atoms with Crippen LogP contribution in [0.1, 0.15) is 67.9 Å². The molecule has 254 valence electrons. The van der Waals surface area contributed by atoms with Gasteiger partial charge in [0, 0.05) is 41.9 Å². The zero-order valence-corrected chi connectivity index (χ0v) is 27.9. The molecule has 1 unspecified atom stereocenters. The summed E-state index contributed by atoms with van der Waals surface area (Å²) >= 11 is 0. The second-order valence-electron chi connectivity index (χ2n) is 12.3. The van der Waals surface area contributed by atoms with Gasteiger partial charge >= 0.3 is 6.09 Å². The minimum absolute atomic E-state index is 0.185.